The lowest BCUT2D eigenvalue weighted by Crippen LogP contribution is -2.04. The first-order valence-corrected chi connectivity index (χ1v) is 6.27. The molecule has 0 fully saturated rings. The van der Waals surface area contributed by atoms with Crippen LogP contribution in [0.25, 0.3) is 10.8 Å². The standard InChI is InChI=1S/C14H15NO5/c1-2-3-6-19-10-4-5-11-9(7-10)8-15-13(12(11)16)20-14(17)18/h4-5,7-8,16H,2-3,6H2,1H3,(H,17,18). The molecule has 0 aliphatic rings. The fourth-order valence-electron chi connectivity index (χ4n) is 1.75. The molecule has 0 spiro atoms. The number of carboxylic acid groups (broad SMARTS) is 1. The molecule has 1 aromatic heterocycles. The number of carbonyl (C=O) groups is 1. The van der Waals surface area contributed by atoms with Gasteiger partial charge in [0.1, 0.15) is 5.75 Å². The third-order valence-corrected chi connectivity index (χ3v) is 2.75. The van der Waals surface area contributed by atoms with Gasteiger partial charge < -0.3 is 19.7 Å². The molecule has 0 amide bonds. The second kappa shape index (κ2) is 6.10. The first-order valence-electron chi connectivity index (χ1n) is 6.27. The number of ether oxygens (including phenoxy) is 2. The van der Waals surface area contributed by atoms with Gasteiger partial charge in [0.2, 0.25) is 0 Å². The summed E-state index contributed by atoms with van der Waals surface area (Å²) in [6, 6.07) is 5.09. The minimum atomic E-state index is -1.52. The Balaban J connectivity index is 2.28. The van der Waals surface area contributed by atoms with Crippen LogP contribution in [0.5, 0.6) is 17.4 Å². The van der Waals surface area contributed by atoms with Crippen molar-refractivity contribution in [1.29, 1.82) is 0 Å². The Labute approximate surface area is 115 Å². The van der Waals surface area contributed by atoms with Gasteiger partial charge in [0.25, 0.3) is 5.88 Å². The van der Waals surface area contributed by atoms with Crippen molar-refractivity contribution in [2.75, 3.05) is 6.61 Å². The van der Waals surface area contributed by atoms with Crippen molar-refractivity contribution in [3.05, 3.63) is 24.4 Å². The molecule has 6 heteroatoms. The average Bonchev–Trinajstić information content (AvgIpc) is 2.42. The van der Waals surface area contributed by atoms with Crippen molar-refractivity contribution >= 4 is 16.9 Å². The minimum absolute atomic E-state index is 0.301. The van der Waals surface area contributed by atoms with Crippen LogP contribution >= 0.6 is 0 Å². The zero-order valence-electron chi connectivity index (χ0n) is 11.0. The lowest BCUT2D eigenvalue weighted by molar-refractivity contribution is 0.141. The Morgan fingerprint density at radius 2 is 2.20 bits per heavy atom. The summed E-state index contributed by atoms with van der Waals surface area (Å²) in [5.41, 5.74) is 0. The molecule has 0 radical (unpaired) electrons. The number of hydrogen-bond acceptors (Lipinski definition) is 5. The molecule has 20 heavy (non-hydrogen) atoms. The van der Waals surface area contributed by atoms with Crippen LogP contribution in [0.4, 0.5) is 4.79 Å². The predicted octanol–water partition coefficient (Wildman–Crippen LogP) is 3.18. The maximum absolute atomic E-state index is 10.5. The molecule has 0 unspecified atom stereocenters. The second-order valence-corrected chi connectivity index (χ2v) is 4.23. The number of unbranched alkanes of at least 4 members (excludes halogenated alkanes) is 1. The second-order valence-electron chi connectivity index (χ2n) is 4.23. The molecule has 106 valence electrons. The monoisotopic (exact) mass is 277 g/mol. The molecular weight excluding hydrogens is 262 g/mol. The largest absolute Gasteiger partial charge is 0.512 e. The molecule has 6 nitrogen and oxygen atoms in total. The van der Waals surface area contributed by atoms with Crippen LogP contribution in [-0.2, 0) is 0 Å². The maximum atomic E-state index is 10.5. The van der Waals surface area contributed by atoms with Crippen LogP contribution < -0.4 is 9.47 Å². The van der Waals surface area contributed by atoms with Crippen LogP contribution in [0.3, 0.4) is 0 Å². The third-order valence-electron chi connectivity index (χ3n) is 2.75. The van der Waals surface area contributed by atoms with E-state index in [0.717, 1.165) is 12.8 Å². The zero-order valence-corrected chi connectivity index (χ0v) is 11.0. The van der Waals surface area contributed by atoms with E-state index < -0.39 is 6.16 Å². The number of hydrogen-bond donors (Lipinski definition) is 2. The number of pyridine rings is 1. The van der Waals surface area contributed by atoms with Crippen LogP contribution in [0.1, 0.15) is 19.8 Å². The van der Waals surface area contributed by atoms with E-state index >= 15 is 0 Å². The van der Waals surface area contributed by atoms with Crippen LogP contribution in [0.2, 0.25) is 0 Å². The summed E-state index contributed by atoms with van der Waals surface area (Å²) in [6.07, 6.45) is 1.92. The van der Waals surface area contributed by atoms with Crippen molar-refractivity contribution in [2.45, 2.75) is 19.8 Å². The average molecular weight is 277 g/mol. The quantitative estimate of drug-likeness (QED) is 0.644. The predicted molar refractivity (Wildman–Crippen MR) is 72.5 cm³/mol. The zero-order chi connectivity index (χ0) is 14.5. The van der Waals surface area contributed by atoms with Gasteiger partial charge in [0.15, 0.2) is 5.75 Å². The van der Waals surface area contributed by atoms with Gasteiger partial charge in [-0.2, -0.15) is 0 Å². The van der Waals surface area contributed by atoms with E-state index in [1.807, 2.05) is 0 Å². The van der Waals surface area contributed by atoms with E-state index in [1.54, 1.807) is 18.2 Å². The Hall–Kier alpha value is -2.50. The third kappa shape index (κ3) is 3.09. The number of rotatable bonds is 5. The number of aromatic nitrogens is 1. The molecule has 0 bridgehead atoms. The first-order chi connectivity index (χ1) is 9.61. The highest BCUT2D eigenvalue weighted by atomic mass is 16.7. The van der Waals surface area contributed by atoms with E-state index in [9.17, 15) is 9.90 Å². The molecule has 0 saturated carbocycles. The lowest BCUT2D eigenvalue weighted by Gasteiger charge is -2.08. The number of aromatic hydroxyl groups is 1. The Bertz CT molecular complexity index is 626. The molecule has 0 aliphatic carbocycles. The van der Waals surface area contributed by atoms with Crippen molar-refractivity contribution in [3.8, 4) is 17.4 Å². The van der Waals surface area contributed by atoms with E-state index in [2.05, 4.69) is 16.6 Å². The van der Waals surface area contributed by atoms with Gasteiger partial charge in [-0.25, -0.2) is 9.78 Å². The van der Waals surface area contributed by atoms with Crippen molar-refractivity contribution in [1.82, 2.24) is 4.98 Å². The summed E-state index contributed by atoms with van der Waals surface area (Å²) in [5.74, 6) is 0.0497. The van der Waals surface area contributed by atoms with Gasteiger partial charge in [-0.3, -0.25) is 0 Å². The molecule has 2 rings (SSSR count). The van der Waals surface area contributed by atoms with Crippen molar-refractivity contribution in [2.24, 2.45) is 0 Å². The SMILES string of the molecule is CCCCOc1ccc2c(O)c(OC(=O)O)ncc2c1. The molecule has 2 N–H and O–H groups in total. The van der Waals surface area contributed by atoms with Gasteiger partial charge >= 0.3 is 6.16 Å². The summed E-state index contributed by atoms with van der Waals surface area (Å²) in [4.78, 5) is 14.2. The minimum Gasteiger partial charge on any atom is -0.503 e. The molecule has 0 atom stereocenters. The first kappa shape index (κ1) is 13.9. The summed E-state index contributed by atoms with van der Waals surface area (Å²) < 4.78 is 9.94. The number of fused-ring (bicyclic) bond motifs is 1. The highest BCUT2D eigenvalue weighted by Crippen LogP contribution is 2.34. The van der Waals surface area contributed by atoms with E-state index in [1.165, 1.54) is 6.20 Å². The fraction of sp³-hybridized carbons (Fsp3) is 0.286. The Kier molecular flexibility index (Phi) is 4.24. The van der Waals surface area contributed by atoms with Gasteiger partial charge in [0, 0.05) is 17.0 Å². The topological polar surface area (TPSA) is 88.9 Å². The molecule has 0 saturated heterocycles. The Morgan fingerprint density at radius 3 is 2.90 bits per heavy atom. The summed E-state index contributed by atoms with van der Waals surface area (Å²) in [6.45, 7) is 2.71. The van der Waals surface area contributed by atoms with Gasteiger partial charge in [0.05, 0.1) is 6.61 Å². The van der Waals surface area contributed by atoms with Gasteiger partial charge in [-0.1, -0.05) is 13.3 Å². The highest BCUT2D eigenvalue weighted by molar-refractivity contribution is 5.90. The fourth-order valence-corrected chi connectivity index (χ4v) is 1.75. The van der Waals surface area contributed by atoms with E-state index in [4.69, 9.17) is 9.84 Å². The highest BCUT2D eigenvalue weighted by Gasteiger charge is 2.13. The lowest BCUT2D eigenvalue weighted by atomic mass is 10.1. The summed E-state index contributed by atoms with van der Waals surface area (Å²) in [7, 11) is 0. The van der Waals surface area contributed by atoms with Crippen molar-refractivity contribution < 1.29 is 24.5 Å². The number of benzene rings is 1. The summed E-state index contributed by atoms with van der Waals surface area (Å²) in [5, 5.41) is 19.6. The summed E-state index contributed by atoms with van der Waals surface area (Å²) >= 11 is 0. The van der Waals surface area contributed by atoms with E-state index in [-0.39, 0.29) is 11.6 Å². The van der Waals surface area contributed by atoms with Gasteiger partial charge in [-0.05, 0) is 24.6 Å². The Morgan fingerprint density at radius 1 is 1.40 bits per heavy atom. The smallest absolute Gasteiger partial charge is 0.503 e. The van der Waals surface area contributed by atoms with Crippen molar-refractivity contribution in [3.63, 3.8) is 0 Å². The molecule has 1 heterocycles. The normalized spacial score (nSPS) is 10.4. The van der Waals surface area contributed by atoms with E-state index in [0.29, 0.717) is 23.1 Å². The molecule has 0 aliphatic heterocycles. The van der Waals surface area contributed by atoms with Gasteiger partial charge in [-0.15, -0.1) is 0 Å². The van der Waals surface area contributed by atoms with Crippen LogP contribution in [0, 0.1) is 0 Å². The van der Waals surface area contributed by atoms with Crippen LogP contribution in [0.15, 0.2) is 24.4 Å². The molecule has 1 aromatic carbocycles. The maximum Gasteiger partial charge on any atom is 0.512 e. The molecule has 2 aromatic rings. The molecular formula is C14H15NO5. The number of nitrogens with zero attached hydrogens (tertiary/aromatic N) is 1. The van der Waals surface area contributed by atoms with Crippen LogP contribution in [-0.4, -0.2) is 28.0 Å².